The number of carbonyl (C=O) groups excluding carboxylic acids is 2. The summed E-state index contributed by atoms with van der Waals surface area (Å²) in [6.45, 7) is 2.13. The second-order valence-corrected chi connectivity index (χ2v) is 8.61. The van der Waals surface area contributed by atoms with Crippen molar-refractivity contribution in [3.8, 4) is 0 Å². The van der Waals surface area contributed by atoms with E-state index in [1.807, 2.05) is 41.3 Å². The molecule has 1 atom stereocenters. The number of thioether (sulfide) groups is 1. The molecule has 4 rings (SSSR count). The van der Waals surface area contributed by atoms with Crippen LogP contribution in [0.2, 0.25) is 0 Å². The van der Waals surface area contributed by atoms with Gasteiger partial charge in [0.25, 0.3) is 0 Å². The standard InChI is InChI=1S/C23H26N2O2S/c1-2-16-7-13-20(14-8-16)25-21(26)15-28-23(25)18-9-11-19(12-10-18)24-22(27)17-5-3-4-6-17/h7-14,17,23H,2-6,15H2,1H3,(H,24,27). The summed E-state index contributed by atoms with van der Waals surface area (Å²) < 4.78 is 0. The molecule has 4 nitrogen and oxygen atoms in total. The van der Waals surface area contributed by atoms with Crippen LogP contribution in [0.1, 0.15) is 49.1 Å². The molecular weight excluding hydrogens is 368 g/mol. The fourth-order valence-corrected chi connectivity index (χ4v) is 5.18. The summed E-state index contributed by atoms with van der Waals surface area (Å²) in [6, 6.07) is 16.2. The van der Waals surface area contributed by atoms with Gasteiger partial charge in [0, 0.05) is 17.3 Å². The number of carbonyl (C=O) groups is 2. The van der Waals surface area contributed by atoms with Gasteiger partial charge in [0.1, 0.15) is 5.37 Å². The van der Waals surface area contributed by atoms with Crippen molar-refractivity contribution in [2.45, 2.75) is 44.4 Å². The van der Waals surface area contributed by atoms with Crippen molar-refractivity contribution in [1.29, 1.82) is 0 Å². The smallest absolute Gasteiger partial charge is 0.238 e. The first kappa shape index (κ1) is 19.1. The molecule has 28 heavy (non-hydrogen) atoms. The highest BCUT2D eigenvalue weighted by atomic mass is 32.2. The van der Waals surface area contributed by atoms with Gasteiger partial charge in [-0.2, -0.15) is 0 Å². The molecule has 5 heteroatoms. The molecule has 1 N–H and O–H groups in total. The van der Waals surface area contributed by atoms with E-state index < -0.39 is 0 Å². The normalized spacial score (nSPS) is 20.0. The Bertz CT molecular complexity index is 842. The number of hydrogen-bond donors (Lipinski definition) is 1. The minimum Gasteiger partial charge on any atom is -0.326 e. The second-order valence-electron chi connectivity index (χ2n) is 7.54. The van der Waals surface area contributed by atoms with Gasteiger partial charge >= 0.3 is 0 Å². The van der Waals surface area contributed by atoms with Crippen LogP contribution in [0.3, 0.4) is 0 Å². The first-order chi connectivity index (χ1) is 13.7. The van der Waals surface area contributed by atoms with E-state index >= 15 is 0 Å². The zero-order chi connectivity index (χ0) is 19.5. The third-order valence-electron chi connectivity index (χ3n) is 5.68. The van der Waals surface area contributed by atoms with Crippen molar-refractivity contribution < 1.29 is 9.59 Å². The molecule has 2 fully saturated rings. The number of anilines is 2. The number of aryl methyl sites for hydroxylation is 1. The Morgan fingerprint density at radius 1 is 1.07 bits per heavy atom. The number of nitrogens with zero attached hydrogens (tertiary/aromatic N) is 1. The maximum atomic E-state index is 12.5. The van der Waals surface area contributed by atoms with Gasteiger partial charge in [-0.05, 0) is 54.7 Å². The summed E-state index contributed by atoms with van der Waals surface area (Å²) in [5, 5.41) is 3.01. The Hall–Kier alpha value is -2.27. The molecule has 2 aromatic rings. The molecule has 1 heterocycles. The predicted octanol–water partition coefficient (Wildman–Crippen LogP) is 5.16. The molecule has 0 aromatic heterocycles. The lowest BCUT2D eigenvalue weighted by Gasteiger charge is -2.24. The van der Waals surface area contributed by atoms with Crippen LogP contribution in [-0.4, -0.2) is 17.6 Å². The molecule has 1 saturated heterocycles. The highest BCUT2D eigenvalue weighted by Crippen LogP contribution is 2.42. The first-order valence-corrected chi connectivity index (χ1v) is 11.1. The summed E-state index contributed by atoms with van der Waals surface area (Å²) in [6.07, 6.45) is 5.28. The quantitative estimate of drug-likeness (QED) is 0.762. The van der Waals surface area contributed by atoms with Gasteiger partial charge in [-0.1, -0.05) is 44.0 Å². The van der Waals surface area contributed by atoms with Crippen LogP contribution in [0.25, 0.3) is 0 Å². The summed E-state index contributed by atoms with van der Waals surface area (Å²) >= 11 is 1.65. The Labute approximate surface area is 170 Å². The zero-order valence-corrected chi connectivity index (χ0v) is 17.0. The van der Waals surface area contributed by atoms with Crippen LogP contribution < -0.4 is 10.2 Å². The summed E-state index contributed by atoms with van der Waals surface area (Å²) in [7, 11) is 0. The van der Waals surface area contributed by atoms with Gasteiger partial charge in [-0.3, -0.25) is 14.5 Å². The average Bonchev–Trinajstić information content (AvgIpc) is 3.39. The number of amides is 2. The number of benzene rings is 2. The molecule has 2 amide bonds. The molecule has 2 aliphatic rings. The minimum absolute atomic E-state index is 0.0282. The first-order valence-electron chi connectivity index (χ1n) is 10.1. The SMILES string of the molecule is CCc1ccc(N2C(=O)CSC2c2ccc(NC(=O)C3CCCC3)cc2)cc1. The van der Waals surface area contributed by atoms with Gasteiger partial charge in [-0.25, -0.2) is 0 Å². The third-order valence-corrected chi connectivity index (χ3v) is 6.89. The van der Waals surface area contributed by atoms with Crippen LogP contribution in [0.4, 0.5) is 11.4 Å². The van der Waals surface area contributed by atoms with Gasteiger partial charge in [0.2, 0.25) is 11.8 Å². The van der Waals surface area contributed by atoms with E-state index in [1.54, 1.807) is 11.8 Å². The lowest BCUT2D eigenvalue weighted by Crippen LogP contribution is -2.27. The summed E-state index contributed by atoms with van der Waals surface area (Å²) in [4.78, 5) is 26.7. The fraction of sp³-hybridized carbons (Fsp3) is 0.391. The molecule has 2 aromatic carbocycles. The number of hydrogen-bond acceptors (Lipinski definition) is 3. The molecule has 1 aliphatic carbocycles. The van der Waals surface area contributed by atoms with Crippen molar-refractivity contribution in [2.75, 3.05) is 16.0 Å². The van der Waals surface area contributed by atoms with Crippen LogP contribution >= 0.6 is 11.8 Å². The van der Waals surface area contributed by atoms with Crippen LogP contribution in [0, 0.1) is 5.92 Å². The maximum absolute atomic E-state index is 12.5. The fourth-order valence-electron chi connectivity index (χ4n) is 4.01. The summed E-state index contributed by atoms with van der Waals surface area (Å²) in [5.74, 6) is 0.913. The Morgan fingerprint density at radius 3 is 2.39 bits per heavy atom. The van der Waals surface area contributed by atoms with E-state index in [2.05, 4.69) is 24.4 Å². The second kappa shape index (κ2) is 8.39. The number of nitrogens with one attached hydrogen (secondary N) is 1. The lowest BCUT2D eigenvalue weighted by molar-refractivity contribution is -0.119. The molecule has 146 valence electrons. The molecular formula is C23H26N2O2S. The van der Waals surface area contributed by atoms with Crippen LogP contribution in [-0.2, 0) is 16.0 Å². The zero-order valence-electron chi connectivity index (χ0n) is 16.2. The van der Waals surface area contributed by atoms with E-state index in [4.69, 9.17) is 0 Å². The molecule has 1 saturated carbocycles. The van der Waals surface area contributed by atoms with Gasteiger partial charge in [0.05, 0.1) is 5.75 Å². The van der Waals surface area contributed by atoms with Gasteiger partial charge in [0.15, 0.2) is 0 Å². The van der Waals surface area contributed by atoms with Gasteiger partial charge in [-0.15, -0.1) is 11.8 Å². The topological polar surface area (TPSA) is 49.4 Å². The molecule has 1 unspecified atom stereocenters. The molecule has 1 aliphatic heterocycles. The molecule has 0 radical (unpaired) electrons. The van der Waals surface area contributed by atoms with Crippen molar-refractivity contribution in [1.82, 2.24) is 0 Å². The highest BCUT2D eigenvalue weighted by Gasteiger charge is 2.34. The van der Waals surface area contributed by atoms with Gasteiger partial charge < -0.3 is 5.32 Å². The van der Waals surface area contributed by atoms with Crippen LogP contribution in [0.5, 0.6) is 0 Å². The van der Waals surface area contributed by atoms with Crippen molar-refractivity contribution in [2.24, 2.45) is 5.92 Å². The van der Waals surface area contributed by atoms with Crippen molar-refractivity contribution in [3.05, 3.63) is 59.7 Å². The largest absolute Gasteiger partial charge is 0.326 e. The van der Waals surface area contributed by atoms with Crippen molar-refractivity contribution in [3.63, 3.8) is 0 Å². The number of rotatable bonds is 5. The minimum atomic E-state index is -0.0282. The highest BCUT2D eigenvalue weighted by molar-refractivity contribution is 8.00. The van der Waals surface area contributed by atoms with E-state index in [-0.39, 0.29) is 23.1 Å². The Kier molecular flexibility index (Phi) is 5.72. The maximum Gasteiger partial charge on any atom is 0.238 e. The Morgan fingerprint density at radius 2 is 1.75 bits per heavy atom. The lowest BCUT2D eigenvalue weighted by atomic mass is 10.1. The predicted molar refractivity (Wildman–Crippen MR) is 116 cm³/mol. The van der Waals surface area contributed by atoms with E-state index in [9.17, 15) is 9.59 Å². The summed E-state index contributed by atoms with van der Waals surface area (Å²) in [5.41, 5.74) is 4.11. The van der Waals surface area contributed by atoms with E-state index in [0.29, 0.717) is 5.75 Å². The van der Waals surface area contributed by atoms with E-state index in [1.165, 1.54) is 5.56 Å². The van der Waals surface area contributed by atoms with E-state index in [0.717, 1.165) is 49.0 Å². The Balaban J connectivity index is 1.49. The molecule has 0 bridgehead atoms. The third kappa shape index (κ3) is 3.95. The van der Waals surface area contributed by atoms with Crippen LogP contribution in [0.15, 0.2) is 48.5 Å². The van der Waals surface area contributed by atoms with Crippen molar-refractivity contribution >= 4 is 35.0 Å². The monoisotopic (exact) mass is 394 g/mol. The average molecular weight is 395 g/mol. The molecule has 0 spiro atoms.